The number of hydrogen-bond acceptors (Lipinski definition) is 7. The quantitative estimate of drug-likeness (QED) is 0.850. The Kier molecular flexibility index (Phi) is 4.95. The molecule has 0 aliphatic carbocycles. The van der Waals surface area contributed by atoms with Gasteiger partial charge in [-0.15, -0.1) is 4.90 Å². The zero-order chi connectivity index (χ0) is 17.1. The summed E-state index contributed by atoms with van der Waals surface area (Å²) in [5.41, 5.74) is -1.62. The highest BCUT2D eigenvalue weighted by atomic mass is 16.6. The number of anilines is 1. The SMILES string of the molecule is CC(C)(C)OC(=O)N(C(=O)OC(C)(C)C)c1ncc(O)cn1. The van der Waals surface area contributed by atoms with Crippen molar-refractivity contribution in [2.24, 2.45) is 0 Å². The lowest BCUT2D eigenvalue weighted by Crippen LogP contribution is -2.44. The van der Waals surface area contributed by atoms with Gasteiger partial charge in [0.1, 0.15) is 11.2 Å². The van der Waals surface area contributed by atoms with Crippen LogP contribution in [0.3, 0.4) is 0 Å². The third kappa shape index (κ3) is 5.55. The van der Waals surface area contributed by atoms with Gasteiger partial charge >= 0.3 is 12.2 Å². The molecule has 122 valence electrons. The third-order valence-electron chi connectivity index (χ3n) is 1.98. The first-order chi connectivity index (χ1) is 9.89. The number of carbonyl (C=O) groups is 2. The number of amides is 2. The molecule has 1 aromatic rings. The molecule has 8 nitrogen and oxygen atoms in total. The molecular weight excluding hydrogens is 290 g/mol. The smallest absolute Gasteiger partial charge is 0.427 e. The molecule has 22 heavy (non-hydrogen) atoms. The number of aromatic hydroxyl groups is 1. The van der Waals surface area contributed by atoms with Gasteiger partial charge in [-0.3, -0.25) is 0 Å². The highest BCUT2D eigenvalue weighted by molar-refractivity contribution is 6.08. The van der Waals surface area contributed by atoms with Crippen LogP contribution in [0, 0.1) is 0 Å². The topological polar surface area (TPSA) is 102 Å². The van der Waals surface area contributed by atoms with E-state index in [2.05, 4.69) is 9.97 Å². The molecular formula is C14H21N3O5. The number of ether oxygens (including phenoxy) is 2. The van der Waals surface area contributed by atoms with Crippen LogP contribution >= 0.6 is 0 Å². The van der Waals surface area contributed by atoms with Crippen molar-refractivity contribution in [2.45, 2.75) is 52.7 Å². The van der Waals surface area contributed by atoms with Crippen LogP contribution in [0.25, 0.3) is 0 Å². The molecule has 1 aromatic heterocycles. The fraction of sp³-hybridized carbons (Fsp3) is 0.571. The minimum Gasteiger partial charge on any atom is -0.505 e. The summed E-state index contributed by atoms with van der Waals surface area (Å²) in [7, 11) is 0. The van der Waals surface area contributed by atoms with E-state index in [-0.39, 0.29) is 11.7 Å². The van der Waals surface area contributed by atoms with E-state index in [9.17, 15) is 14.7 Å². The van der Waals surface area contributed by atoms with Crippen LogP contribution in [0.4, 0.5) is 15.5 Å². The van der Waals surface area contributed by atoms with E-state index in [4.69, 9.17) is 9.47 Å². The average molecular weight is 311 g/mol. The first-order valence-corrected chi connectivity index (χ1v) is 6.66. The van der Waals surface area contributed by atoms with Crippen molar-refractivity contribution < 1.29 is 24.2 Å². The number of imide groups is 1. The molecule has 0 bridgehead atoms. The maximum Gasteiger partial charge on any atom is 0.427 e. The monoisotopic (exact) mass is 311 g/mol. The Balaban J connectivity index is 3.12. The Morgan fingerprint density at radius 3 is 1.64 bits per heavy atom. The molecule has 1 N–H and O–H groups in total. The molecule has 0 aliphatic rings. The molecule has 2 amide bonds. The van der Waals surface area contributed by atoms with Crippen LogP contribution in [-0.4, -0.2) is 38.5 Å². The Bertz CT molecular complexity index is 515. The highest BCUT2D eigenvalue weighted by Gasteiger charge is 2.34. The molecule has 0 unspecified atom stereocenters. The van der Waals surface area contributed by atoms with Crippen molar-refractivity contribution >= 4 is 18.1 Å². The standard InChI is InChI=1S/C14H21N3O5/c1-13(2,3)21-11(19)17(12(20)22-14(4,5)6)10-15-7-9(18)8-16-10/h7-8,18H,1-6H3. The lowest BCUT2D eigenvalue weighted by Gasteiger charge is -2.27. The second-order valence-electron chi connectivity index (χ2n) is 6.54. The summed E-state index contributed by atoms with van der Waals surface area (Å²) in [4.78, 5) is 32.5. The van der Waals surface area contributed by atoms with Gasteiger partial charge in [0.05, 0.1) is 12.4 Å². The molecule has 0 spiro atoms. The second kappa shape index (κ2) is 6.17. The first kappa shape index (κ1) is 17.7. The van der Waals surface area contributed by atoms with Gasteiger partial charge in [0.25, 0.3) is 0 Å². The highest BCUT2D eigenvalue weighted by Crippen LogP contribution is 2.19. The fourth-order valence-electron chi connectivity index (χ4n) is 1.28. The van der Waals surface area contributed by atoms with Gasteiger partial charge in [-0.2, -0.15) is 0 Å². The minimum atomic E-state index is -0.965. The Morgan fingerprint density at radius 2 is 1.32 bits per heavy atom. The van der Waals surface area contributed by atoms with Crippen molar-refractivity contribution in [3.8, 4) is 5.75 Å². The summed E-state index contributed by atoms with van der Waals surface area (Å²) in [6, 6.07) is 0. The lowest BCUT2D eigenvalue weighted by molar-refractivity contribution is 0.0427. The molecule has 0 radical (unpaired) electrons. The number of rotatable bonds is 1. The van der Waals surface area contributed by atoms with Crippen molar-refractivity contribution in [3.05, 3.63) is 12.4 Å². The van der Waals surface area contributed by atoms with E-state index in [1.54, 1.807) is 41.5 Å². The van der Waals surface area contributed by atoms with Gasteiger partial charge in [-0.05, 0) is 41.5 Å². The molecule has 1 rings (SSSR count). The molecule has 8 heteroatoms. The largest absolute Gasteiger partial charge is 0.505 e. The number of carbonyl (C=O) groups excluding carboxylic acids is 2. The summed E-state index contributed by atoms with van der Waals surface area (Å²) < 4.78 is 10.3. The van der Waals surface area contributed by atoms with Gasteiger partial charge in [-0.1, -0.05) is 0 Å². The van der Waals surface area contributed by atoms with E-state index in [1.165, 1.54) is 0 Å². The molecule has 0 fully saturated rings. The summed E-state index contributed by atoms with van der Waals surface area (Å²) in [5.74, 6) is -0.446. The predicted octanol–water partition coefficient (Wildman–Crippen LogP) is 2.86. The normalized spacial score (nSPS) is 11.7. The Labute approximate surface area is 129 Å². The van der Waals surface area contributed by atoms with Gasteiger partial charge < -0.3 is 14.6 Å². The second-order valence-corrected chi connectivity index (χ2v) is 6.54. The Hall–Kier alpha value is -2.38. The van der Waals surface area contributed by atoms with Crippen LogP contribution < -0.4 is 4.90 Å². The zero-order valence-corrected chi connectivity index (χ0v) is 13.6. The van der Waals surface area contributed by atoms with Gasteiger partial charge in [0.15, 0.2) is 5.75 Å². The molecule has 1 heterocycles. The zero-order valence-electron chi connectivity index (χ0n) is 13.6. The number of aromatic nitrogens is 2. The van der Waals surface area contributed by atoms with Crippen LogP contribution in [0.2, 0.25) is 0 Å². The van der Waals surface area contributed by atoms with Crippen LogP contribution in [-0.2, 0) is 9.47 Å². The summed E-state index contributed by atoms with van der Waals surface area (Å²) in [6.07, 6.45) is 0.189. The van der Waals surface area contributed by atoms with Crippen molar-refractivity contribution in [1.82, 2.24) is 9.97 Å². The van der Waals surface area contributed by atoms with Crippen molar-refractivity contribution in [2.75, 3.05) is 4.90 Å². The Morgan fingerprint density at radius 1 is 0.955 bits per heavy atom. The summed E-state index contributed by atoms with van der Waals surface area (Å²) in [6.45, 7) is 9.98. The van der Waals surface area contributed by atoms with Gasteiger partial charge in [0, 0.05) is 0 Å². The van der Waals surface area contributed by atoms with E-state index in [0.29, 0.717) is 4.90 Å². The molecule has 0 atom stereocenters. The summed E-state index contributed by atoms with van der Waals surface area (Å²) in [5, 5.41) is 9.21. The molecule has 0 saturated heterocycles. The van der Waals surface area contributed by atoms with E-state index >= 15 is 0 Å². The fourth-order valence-corrected chi connectivity index (χ4v) is 1.28. The molecule has 0 saturated carbocycles. The van der Waals surface area contributed by atoms with Crippen LogP contribution in [0.1, 0.15) is 41.5 Å². The maximum absolute atomic E-state index is 12.2. The predicted molar refractivity (Wildman–Crippen MR) is 78.6 cm³/mol. The van der Waals surface area contributed by atoms with Gasteiger partial charge in [0.2, 0.25) is 5.95 Å². The summed E-state index contributed by atoms with van der Waals surface area (Å²) >= 11 is 0. The van der Waals surface area contributed by atoms with E-state index < -0.39 is 23.4 Å². The minimum absolute atomic E-state index is 0.197. The lowest BCUT2D eigenvalue weighted by atomic mass is 10.2. The average Bonchev–Trinajstić information content (AvgIpc) is 2.27. The van der Waals surface area contributed by atoms with Crippen LogP contribution in [0.15, 0.2) is 12.4 Å². The molecule has 0 aromatic carbocycles. The van der Waals surface area contributed by atoms with Crippen LogP contribution in [0.5, 0.6) is 5.75 Å². The van der Waals surface area contributed by atoms with Gasteiger partial charge in [-0.25, -0.2) is 19.6 Å². The first-order valence-electron chi connectivity index (χ1n) is 6.66. The third-order valence-corrected chi connectivity index (χ3v) is 1.98. The number of hydrogen-bond donors (Lipinski definition) is 1. The van der Waals surface area contributed by atoms with Crippen molar-refractivity contribution in [3.63, 3.8) is 0 Å². The maximum atomic E-state index is 12.2. The van der Waals surface area contributed by atoms with E-state index in [0.717, 1.165) is 12.4 Å². The van der Waals surface area contributed by atoms with E-state index in [1.807, 2.05) is 0 Å². The van der Waals surface area contributed by atoms with Crippen molar-refractivity contribution in [1.29, 1.82) is 0 Å². The molecule has 0 aliphatic heterocycles. The number of nitrogens with zero attached hydrogens (tertiary/aromatic N) is 3.